The van der Waals surface area contributed by atoms with Crippen LogP contribution in [0.1, 0.15) is 162 Å². The van der Waals surface area contributed by atoms with Crippen LogP contribution in [0, 0.1) is 0 Å². The molecule has 1 aliphatic rings. The Hall–Kier alpha value is -1.46. The van der Waals surface area contributed by atoms with Gasteiger partial charge in [-0.25, -0.2) is 4.18 Å². The number of ether oxygens (including phenoxy) is 2. The van der Waals surface area contributed by atoms with E-state index in [0.29, 0.717) is 12.8 Å². The first kappa shape index (κ1) is 50.6. The molecule has 0 saturated carbocycles. The second-order valence-corrected chi connectivity index (χ2v) is 15.8. The Morgan fingerprint density at radius 1 is 0.741 bits per heavy atom. The van der Waals surface area contributed by atoms with Gasteiger partial charge in [-0.2, -0.15) is 8.42 Å². The maximum absolute atomic E-state index is 13.0. The summed E-state index contributed by atoms with van der Waals surface area (Å²) in [6.07, 6.45) is 21.3. The first-order chi connectivity index (χ1) is 25.9. The van der Waals surface area contributed by atoms with Crippen molar-refractivity contribution < 1.29 is 57.0 Å². The number of hydrogen-bond donors (Lipinski definition) is 7. The molecule has 7 N–H and O–H groups in total. The van der Waals surface area contributed by atoms with Gasteiger partial charge in [-0.3, -0.25) is 9.35 Å². The van der Waals surface area contributed by atoms with Crippen LogP contribution in [0.15, 0.2) is 24.3 Å². The summed E-state index contributed by atoms with van der Waals surface area (Å²) in [4.78, 5) is 13.0. The second kappa shape index (κ2) is 31.6. The van der Waals surface area contributed by atoms with Crippen LogP contribution in [0.4, 0.5) is 0 Å². The van der Waals surface area contributed by atoms with Crippen LogP contribution in [0.2, 0.25) is 0 Å². The predicted octanol–water partition coefficient (Wildman–Crippen LogP) is 5.96. The average Bonchev–Trinajstić information content (AvgIpc) is 3.14. The molecule has 14 heteroatoms. The van der Waals surface area contributed by atoms with Crippen LogP contribution in [0.25, 0.3) is 0 Å². The van der Waals surface area contributed by atoms with E-state index < -0.39 is 78.5 Å². The molecule has 13 nitrogen and oxygen atoms in total. The number of unbranched alkanes of at least 4 members (excludes halogenated alkanes) is 19. The SMILES string of the molecule is CCCCCCCC/C=C/CC/C=C/C(O)C(COC1OC(CO)C(O)C(OS(=O)(=O)O)C1O)NC(=O)C(O)CCCCCCCCCCCCCCC. The minimum atomic E-state index is -5.11. The van der Waals surface area contributed by atoms with Gasteiger partial charge in [0.25, 0.3) is 0 Å². The molecule has 1 amide bonds. The highest BCUT2D eigenvalue weighted by molar-refractivity contribution is 7.80. The van der Waals surface area contributed by atoms with Gasteiger partial charge >= 0.3 is 10.4 Å². The molecule has 0 spiro atoms. The summed E-state index contributed by atoms with van der Waals surface area (Å²) >= 11 is 0. The number of aliphatic hydroxyl groups is 5. The Balaban J connectivity index is 2.69. The fraction of sp³-hybridized carbons (Fsp3) is 0.875. The van der Waals surface area contributed by atoms with E-state index in [2.05, 4.69) is 35.5 Å². The molecule has 1 fully saturated rings. The van der Waals surface area contributed by atoms with Crippen molar-refractivity contribution in [3.05, 3.63) is 24.3 Å². The van der Waals surface area contributed by atoms with Crippen LogP contribution < -0.4 is 5.32 Å². The summed E-state index contributed by atoms with van der Waals surface area (Å²) in [6.45, 7) is 3.15. The van der Waals surface area contributed by atoms with E-state index in [1.54, 1.807) is 6.08 Å². The Bertz CT molecular complexity index is 1090. The molecule has 0 aromatic heterocycles. The molecule has 0 aromatic rings. The first-order valence-electron chi connectivity index (χ1n) is 20.8. The standard InChI is InChI=1S/C40H75NO12S/c1-3-5-7-9-11-13-15-17-19-21-23-25-27-29-34(44)39(47)41-32(33(43)28-26-24-22-20-18-16-14-12-10-8-6-4-2)31-51-40-37(46)38(53-54(48,49)50)36(45)35(30-42)52-40/h18,20,26,28,32-38,40,42-46H,3-17,19,21-25,27,29-31H2,1-2H3,(H,41,47)(H,48,49,50)/b20-18+,28-26+. The van der Waals surface area contributed by atoms with E-state index in [4.69, 9.17) is 14.0 Å². The maximum atomic E-state index is 13.0. The van der Waals surface area contributed by atoms with Gasteiger partial charge in [-0.1, -0.05) is 154 Å². The summed E-state index contributed by atoms with van der Waals surface area (Å²) in [5, 5.41) is 54.9. The van der Waals surface area contributed by atoms with Crippen LogP contribution in [0.3, 0.4) is 0 Å². The van der Waals surface area contributed by atoms with Crippen molar-refractivity contribution in [2.24, 2.45) is 0 Å². The zero-order valence-corrected chi connectivity index (χ0v) is 34.0. The summed E-state index contributed by atoms with van der Waals surface area (Å²) in [6, 6.07) is -1.13. The second-order valence-electron chi connectivity index (χ2n) is 14.7. The third-order valence-corrected chi connectivity index (χ3v) is 10.3. The van der Waals surface area contributed by atoms with Crippen molar-refractivity contribution in [2.75, 3.05) is 13.2 Å². The van der Waals surface area contributed by atoms with Crippen LogP contribution in [-0.2, 0) is 28.9 Å². The minimum Gasteiger partial charge on any atom is -0.394 e. The average molecular weight is 794 g/mol. The van der Waals surface area contributed by atoms with Gasteiger partial charge in [-0.05, 0) is 32.1 Å². The number of rotatable bonds is 34. The molecule has 0 radical (unpaired) electrons. The monoisotopic (exact) mass is 794 g/mol. The molecule has 1 aliphatic heterocycles. The molecule has 1 heterocycles. The molecule has 318 valence electrons. The molecule has 54 heavy (non-hydrogen) atoms. The smallest absolute Gasteiger partial charge is 0.394 e. The van der Waals surface area contributed by atoms with Crippen molar-refractivity contribution in [2.45, 2.75) is 210 Å². The lowest BCUT2D eigenvalue weighted by molar-refractivity contribution is -0.298. The number of nitrogens with one attached hydrogen (secondary N) is 1. The maximum Gasteiger partial charge on any atom is 0.397 e. The Morgan fingerprint density at radius 3 is 1.78 bits per heavy atom. The third kappa shape index (κ3) is 24.2. The van der Waals surface area contributed by atoms with Crippen LogP contribution >= 0.6 is 0 Å². The normalized spacial score (nSPS) is 22.6. The van der Waals surface area contributed by atoms with E-state index in [0.717, 1.165) is 38.5 Å². The van der Waals surface area contributed by atoms with Gasteiger partial charge in [0.05, 0.1) is 25.4 Å². The highest BCUT2D eigenvalue weighted by atomic mass is 32.3. The van der Waals surface area contributed by atoms with Gasteiger partial charge in [0.15, 0.2) is 6.29 Å². The molecule has 1 rings (SSSR count). The summed E-state index contributed by atoms with van der Waals surface area (Å²) in [7, 11) is -5.11. The molecule has 0 aromatic carbocycles. The molecule has 0 aliphatic carbocycles. The number of allylic oxidation sites excluding steroid dienone is 3. The Kier molecular flexibility index (Phi) is 29.6. The zero-order chi connectivity index (χ0) is 40.0. The Morgan fingerprint density at radius 2 is 1.24 bits per heavy atom. The van der Waals surface area contributed by atoms with Crippen molar-refractivity contribution >= 4 is 16.3 Å². The van der Waals surface area contributed by atoms with Gasteiger partial charge < -0.3 is 40.3 Å². The lowest BCUT2D eigenvalue weighted by Crippen LogP contribution is -2.61. The number of amides is 1. The number of carbonyl (C=O) groups is 1. The quantitative estimate of drug-likeness (QED) is 0.0229. The molecule has 0 bridgehead atoms. The van der Waals surface area contributed by atoms with E-state index in [1.807, 2.05) is 0 Å². The predicted molar refractivity (Wildman–Crippen MR) is 210 cm³/mol. The number of hydrogen-bond acceptors (Lipinski definition) is 11. The summed E-state index contributed by atoms with van der Waals surface area (Å²) in [5.74, 6) is -0.714. The van der Waals surface area contributed by atoms with Crippen molar-refractivity contribution in [1.29, 1.82) is 0 Å². The van der Waals surface area contributed by atoms with E-state index in [-0.39, 0.29) is 6.42 Å². The zero-order valence-electron chi connectivity index (χ0n) is 33.1. The van der Waals surface area contributed by atoms with Gasteiger partial charge in [0, 0.05) is 0 Å². The highest BCUT2D eigenvalue weighted by Gasteiger charge is 2.48. The number of aliphatic hydroxyl groups excluding tert-OH is 5. The largest absolute Gasteiger partial charge is 0.397 e. The van der Waals surface area contributed by atoms with Gasteiger partial charge in [0.2, 0.25) is 5.91 Å². The molecule has 8 atom stereocenters. The lowest BCUT2D eigenvalue weighted by atomic mass is 9.99. The van der Waals surface area contributed by atoms with E-state index >= 15 is 0 Å². The topological polar surface area (TPSA) is 212 Å². The highest BCUT2D eigenvalue weighted by Crippen LogP contribution is 2.26. The van der Waals surface area contributed by atoms with Crippen molar-refractivity contribution in [1.82, 2.24) is 5.32 Å². The van der Waals surface area contributed by atoms with Crippen molar-refractivity contribution in [3.63, 3.8) is 0 Å². The number of carbonyl (C=O) groups excluding carboxylic acids is 1. The molecule has 8 unspecified atom stereocenters. The molecular weight excluding hydrogens is 719 g/mol. The first-order valence-corrected chi connectivity index (χ1v) is 22.2. The van der Waals surface area contributed by atoms with E-state index in [1.165, 1.54) is 96.0 Å². The minimum absolute atomic E-state index is 0.239. The Labute approximate surface area is 325 Å². The fourth-order valence-electron chi connectivity index (χ4n) is 6.47. The van der Waals surface area contributed by atoms with Crippen LogP contribution in [-0.4, -0.2) is 107 Å². The lowest BCUT2D eigenvalue weighted by Gasteiger charge is -2.41. The summed E-state index contributed by atoms with van der Waals surface area (Å²) < 4.78 is 47.3. The summed E-state index contributed by atoms with van der Waals surface area (Å²) in [5.41, 5.74) is 0. The molecular formula is C40H75NO12S. The fourth-order valence-corrected chi connectivity index (χ4v) is 6.98. The van der Waals surface area contributed by atoms with Crippen molar-refractivity contribution in [3.8, 4) is 0 Å². The third-order valence-electron chi connectivity index (χ3n) is 9.84. The van der Waals surface area contributed by atoms with Gasteiger partial charge in [-0.15, -0.1) is 0 Å². The van der Waals surface area contributed by atoms with Crippen LogP contribution in [0.5, 0.6) is 0 Å². The van der Waals surface area contributed by atoms with Gasteiger partial charge in [0.1, 0.15) is 30.5 Å². The molecule has 1 saturated heterocycles. The van der Waals surface area contributed by atoms with E-state index in [9.17, 15) is 38.7 Å².